The van der Waals surface area contributed by atoms with Crippen molar-refractivity contribution in [1.82, 2.24) is 10.2 Å². The summed E-state index contributed by atoms with van der Waals surface area (Å²) in [5.41, 5.74) is 2.53. The second kappa shape index (κ2) is 12.2. The number of nitrogens with one attached hydrogen (secondary N) is 1. The Morgan fingerprint density at radius 2 is 1.54 bits per heavy atom. The SMILES string of the molecule is Cc1ccc(S(=O)(=O)N(CC(=O)N(Cc2cccc(C)c2)[C@H](C)C(=O)NC(C)(C)C)c2ccc(Cl)cc2)cc1. The summed E-state index contributed by atoms with van der Waals surface area (Å²) in [5.74, 6) is -0.846. The van der Waals surface area contributed by atoms with Crippen LogP contribution in [0.1, 0.15) is 44.4 Å². The van der Waals surface area contributed by atoms with Gasteiger partial charge in [0.25, 0.3) is 10.0 Å². The third-order valence-electron chi connectivity index (χ3n) is 6.10. The van der Waals surface area contributed by atoms with Crippen LogP contribution in [0.3, 0.4) is 0 Å². The monoisotopic (exact) mass is 569 g/mol. The molecule has 3 rings (SSSR count). The number of benzene rings is 3. The summed E-state index contributed by atoms with van der Waals surface area (Å²) in [6.07, 6.45) is 0. The molecule has 0 saturated carbocycles. The highest BCUT2D eigenvalue weighted by Crippen LogP contribution is 2.26. The van der Waals surface area contributed by atoms with Gasteiger partial charge in [-0.1, -0.05) is 59.1 Å². The smallest absolute Gasteiger partial charge is 0.264 e. The first-order valence-electron chi connectivity index (χ1n) is 12.7. The Labute approximate surface area is 236 Å². The van der Waals surface area contributed by atoms with Gasteiger partial charge < -0.3 is 10.2 Å². The molecular formula is C30H36ClN3O4S. The maximum atomic E-state index is 13.9. The van der Waals surface area contributed by atoms with Crippen LogP contribution in [0.25, 0.3) is 0 Å². The summed E-state index contributed by atoms with van der Waals surface area (Å²) in [4.78, 5) is 28.6. The first-order chi connectivity index (χ1) is 18.2. The van der Waals surface area contributed by atoms with Crippen LogP contribution in [0.4, 0.5) is 5.69 Å². The number of aryl methyl sites for hydroxylation is 2. The van der Waals surface area contributed by atoms with Crippen molar-refractivity contribution >= 4 is 39.1 Å². The van der Waals surface area contributed by atoms with E-state index in [0.717, 1.165) is 21.0 Å². The van der Waals surface area contributed by atoms with Gasteiger partial charge in [-0.3, -0.25) is 13.9 Å². The molecule has 7 nitrogen and oxygen atoms in total. The Balaban J connectivity index is 2.03. The average Bonchev–Trinajstić information content (AvgIpc) is 2.85. The molecule has 0 aliphatic heterocycles. The molecule has 0 bridgehead atoms. The first-order valence-corrected chi connectivity index (χ1v) is 14.5. The van der Waals surface area contributed by atoms with Gasteiger partial charge >= 0.3 is 0 Å². The third kappa shape index (κ3) is 8.07. The van der Waals surface area contributed by atoms with Crippen LogP contribution in [0.15, 0.2) is 77.7 Å². The highest BCUT2D eigenvalue weighted by atomic mass is 35.5. The number of carbonyl (C=O) groups is 2. The minimum Gasteiger partial charge on any atom is -0.350 e. The summed E-state index contributed by atoms with van der Waals surface area (Å²) >= 11 is 6.07. The molecule has 0 spiro atoms. The van der Waals surface area contributed by atoms with E-state index < -0.39 is 34.1 Å². The van der Waals surface area contributed by atoms with E-state index in [-0.39, 0.29) is 23.0 Å². The van der Waals surface area contributed by atoms with Gasteiger partial charge in [-0.15, -0.1) is 0 Å². The average molecular weight is 570 g/mol. The van der Waals surface area contributed by atoms with Crippen molar-refractivity contribution < 1.29 is 18.0 Å². The second-order valence-electron chi connectivity index (χ2n) is 10.7. The minimum absolute atomic E-state index is 0.0552. The highest BCUT2D eigenvalue weighted by Gasteiger charge is 2.33. The Hall–Kier alpha value is -3.36. The number of hydrogen-bond donors (Lipinski definition) is 1. The second-order valence-corrected chi connectivity index (χ2v) is 13.0. The molecule has 9 heteroatoms. The molecule has 0 saturated heterocycles. The number of carbonyl (C=O) groups excluding carboxylic acids is 2. The number of amides is 2. The van der Waals surface area contributed by atoms with Crippen molar-refractivity contribution in [1.29, 1.82) is 0 Å². The molecule has 1 atom stereocenters. The van der Waals surface area contributed by atoms with E-state index in [1.165, 1.54) is 17.0 Å². The highest BCUT2D eigenvalue weighted by molar-refractivity contribution is 7.92. The number of anilines is 1. The van der Waals surface area contributed by atoms with Crippen molar-refractivity contribution in [3.8, 4) is 0 Å². The van der Waals surface area contributed by atoms with Crippen molar-refractivity contribution in [3.63, 3.8) is 0 Å². The van der Waals surface area contributed by atoms with Gasteiger partial charge in [0.2, 0.25) is 11.8 Å². The maximum absolute atomic E-state index is 13.9. The van der Waals surface area contributed by atoms with Crippen LogP contribution < -0.4 is 9.62 Å². The molecular weight excluding hydrogens is 534 g/mol. The van der Waals surface area contributed by atoms with Crippen LogP contribution in [0.2, 0.25) is 5.02 Å². The van der Waals surface area contributed by atoms with E-state index in [2.05, 4.69) is 5.32 Å². The fraction of sp³-hybridized carbons (Fsp3) is 0.333. The Morgan fingerprint density at radius 1 is 0.923 bits per heavy atom. The van der Waals surface area contributed by atoms with Crippen molar-refractivity contribution in [2.75, 3.05) is 10.8 Å². The summed E-state index contributed by atoms with van der Waals surface area (Å²) in [6, 6.07) is 19.5. The lowest BCUT2D eigenvalue weighted by Crippen LogP contribution is -2.54. The molecule has 0 unspecified atom stereocenters. The molecule has 0 fully saturated rings. The molecule has 3 aromatic rings. The maximum Gasteiger partial charge on any atom is 0.264 e. The lowest BCUT2D eigenvalue weighted by molar-refractivity contribution is -0.140. The van der Waals surface area contributed by atoms with Gasteiger partial charge in [0, 0.05) is 17.1 Å². The predicted octanol–water partition coefficient (Wildman–Crippen LogP) is 5.48. The summed E-state index contributed by atoms with van der Waals surface area (Å²) in [6.45, 7) is 10.7. The van der Waals surface area contributed by atoms with Crippen molar-refractivity contribution in [3.05, 3.63) is 94.5 Å². The molecule has 0 aliphatic rings. The number of nitrogens with zero attached hydrogens (tertiary/aromatic N) is 2. The largest absolute Gasteiger partial charge is 0.350 e. The van der Waals surface area contributed by atoms with Gasteiger partial charge in [0.15, 0.2) is 0 Å². The quantitative estimate of drug-likeness (QED) is 0.369. The van der Waals surface area contributed by atoms with Crippen LogP contribution in [-0.4, -0.2) is 43.3 Å². The number of sulfonamides is 1. The van der Waals surface area contributed by atoms with E-state index in [1.54, 1.807) is 43.3 Å². The van der Waals surface area contributed by atoms with Gasteiger partial charge in [-0.05, 0) is 83.5 Å². The Morgan fingerprint density at radius 3 is 2.10 bits per heavy atom. The van der Waals surface area contributed by atoms with Crippen molar-refractivity contribution in [2.24, 2.45) is 0 Å². The molecule has 0 aliphatic carbocycles. The van der Waals surface area contributed by atoms with E-state index in [4.69, 9.17) is 11.6 Å². The molecule has 1 N–H and O–H groups in total. The molecule has 0 radical (unpaired) electrons. The fourth-order valence-corrected chi connectivity index (χ4v) is 5.58. The molecule has 208 valence electrons. The summed E-state index contributed by atoms with van der Waals surface area (Å²) in [5, 5.41) is 3.36. The molecule has 39 heavy (non-hydrogen) atoms. The first kappa shape index (κ1) is 30.2. The minimum atomic E-state index is -4.12. The van der Waals surface area contributed by atoms with Gasteiger partial charge in [0.1, 0.15) is 12.6 Å². The zero-order chi connectivity index (χ0) is 29.0. The zero-order valence-electron chi connectivity index (χ0n) is 23.2. The number of halogens is 1. The summed E-state index contributed by atoms with van der Waals surface area (Å²) < 4.78 is 28.7. The molecule has 2 amide bonds. The molecule has 0 aromatic heterocycles. The molecule has 3 aromatic carbocycles. The van der Waals surface area contributed by atoms with Gasteiger partial charge in [-0.25, -0.2) is 8.42 Å². The normalized spacial score (nSPS) is 12.5. The van der Waals surface area contributed by atoms with E-state index >= 15 is 0 Å². The molecule has 0 heterocycles. The van der Waals surface area contributed by atoms with Crippen LogP contribution in [-0.2, 0) is 26.2 Å². The lowest BCUT2D eigenvalue weighted by atomic mass is 10.1. The van der Waals surface area contributed by atoms with Crippen LogP contribution in [0, 0.1) is 13.8 Å². The van der Waals surface area contributed by atoms with E-state index in [9.17, 15) is 18.0 Å². The lowest BCUT2D eigenvalue weighted by Gasteiger charge is -2.33. The van der Waals surface area contributed by atoms with Crippen LogP contribution >= 0.6 is 11.6 Å². The third-order valence-corrected chi connectivity index (χ3v) is 8.14. The predicted molar refractivity (Wildman–Crippen MR) is 156 cm³/mol. The zero-order valence-corrected chi connectivity index (χ0v) is 24.8. The number of rotatable bonds is 9. The number of hydrogen-bond acceptors (Lipinski definition) is 4. The Kier molecular flexibility index (Phi) is 9.46. The fourth-order valence-electron chi connectivity index (χ4n) is 4.04. The van der Waals surface area contributed by atoms with Gasteiger partial charge in [-0.2, -0.15) is 0 Å². The van der Waals surface area contributed by atoms with Crippen LogP contribution in [0.5, 0.6) is 0 Å². The van der Waals surface area contributed by atoms with E-state index in [0.29, 0.717) is 5.02 Å². The van der Waals surface area contributed by atoms with Crippen molar-refractivity contribution in [2.45, 2.75) is 64.6 Å². The Bertz CT molecular complexity index is 1420. The van der Waals surface area contributed by atoms with Gasteiger partial charge in [0.05, 0.1) is 10.6 Å². The topological polar surface area (TPSA) is 86.8 Å². The van der Waals surface area contributed by atoms with E-state index in [1.807, 2.05) is 58.9 Å². The summed E-state index contributed by atoms with van der Waals surface area (Å²) in [7, 11) is -4.12. The standard InChI is InChI=1S/C30H36ClN3O4S/c1-21-10-16-27(17-11-21)39(37,38)34(26-14-12-25(31)13-15-26)20-28(35)33(19-24-9-7-8-22(2)18-24)23(3)29(36)32-30(4,5)6/h7-18,23H,19-20H2,1-6H3,(H,32,36)/t23-/m1/s1.